The van der Waals surface area contributed by atoms with Gasteiger partial charge in [0.2, 0.25) is 0 Å². The van der Waals surface area contributed by atoms with Crippen LogP contribution in [0.1, 0.15) is 11.1 Å². The summed E-state index contributed by atoms with van der Waals surface area (Å²) in [4.78, 5) is 26.2. The summed E-state index contributed by atoms with van der Waals surface area (Å²) in [6.07, 6.45) is 11.2. The molecule has 0 amide bonds. The number of fused-ring (bicyclic) bond motifs is 1. The monoisotopic (exact) mass is 528 g/mol. The first kappa shape index (κ1) is 21.9. The standard InChI is InChI=1S/C26H25BrN8/c27-22-15-30-26-23(24(22)35-12-10-33(11-13-35)17-20-2-1-7-28-14-20)31-25(32-26)21-5-3-19(4-6-21)16-34-9-8-29-18-34/h1-9,14-15,18H,10-13,16-17H2,(H,30,31,32). The number of anilines is 1. The Bertz CT molecular complexity index is 1410. The molecule has 8 nitrogen and oxygen atoms in total. The van der Waals surface area contributed by atoms with Gasteiger partial charge in [-0.1, -0.05) is 30.3 Å². The highest BCUT2D eigenvalue weighted by Gasteiger charge is 2.23. The van der Waals surface area contributed by atoms with E-state index in [1.165, 1.54) is 11.1 Å². The van der Waals surface area contributed by atoms with Gasteiger partial charge in [-0.3, -0.25) is 9.88 Å². The molecule has 0 unspecified atom stereocenters. The Morgan fingerprint density at radius 2 is 1.74 bits per heavy atom. The zero-order valence-corrected chi connectivity index (χ0v) is 20.8. The van der Waals surface area contributed by atoms with Gasteiger partial charge in [0.25, 0.3) is 0 Å². The van der Waals surface area contributed by atoms with Gasteiger partial charge in [0.1, 0.15) is 11.3 Å². The van der Waals surface area contributed by atoms with Crippen molar-refractivity contribution in [1.29, 1.82) is 0 Å². The summed E-state index contributed by atoms with van der Waals surface area (Å²) in [5, 5.41) is 0. The fraction of sp³-hybridized carbons (Fsp3) is 0.231. The molecule has 1 saturated heterocycles. The minimum atomic E-state index is 0.735. The van der Waals surface area contributed by atoms with Crippen molar-refractivity contribution >= 4 is 32.8 Å². The molecule has 1 N–H and O–H groups in total. The van der Waals surface area contributed by atoms with E-state index >= 15 is 0 Å². The fourth-order valence-electron chi connectivity index (χ4n) is 4.61. The number of piperazine rings is 1. The summed E-state index contributed by atoms with van der Waals surface area (Å²) in [5.41, 5.74) is 6.35. The first-order chi connectivity index (χ1) is 17.2. The highest BCUT2D eigenvalue weighted by molar-refractivity contribution is 9.10. The van der Waals surface area contributed by atoms with Crippen molar-refractivity contribution in [3.05, 3.63) is 89.3 Å². The maximum atomic E-state index is 4.81. The van der Waals surface area contributed by atoms with Crippen LogP contribution in [0.15, 0.2) is 78.2 Å². The minimum Gasteiger partial charge on any atom is -0.366 e. The van der Waals surface area contributed by atoms with Crippen molar-refractivity contribution in [1.82, 2.24) is 34.4 Å². The van der Waals surface area contributed by atoms with Crippen molar-refractivity contribution in [3.63, 3.8) is 0 Å². The van der Waals surface area contributed by atoms with Gasteiger partial charge in [-0.05, 0) is 33.1 Å². The van der Waals surface area contributed by atoms with Gasteiger partial charge in [-0.25, -0.2) is 15.0 Å². The number of benzene rings is 1. The second-order valence-electron chi connectivity index (χ2n) is 8.80. The number of hydrogen-bond donors (Lipinski definition) is 1. The van der Waals surface area contributed by atoms with Crippen LogP contribution < -0.4 is 4.90 Å². The van der Waals surface area contributed by atoms with Crippen LogP contribution in [0.25, 0.3) is 22.6 Å². The number of nitrogens with one attached hydrogen (secondary N) is 1. The number of hydrogen-bond acceptors (Lipinski definition) is 6. The number of imidazole rings is 2. The number of aromatic amines is 1. The Kier molecular flexibility index (Phi) is 6.01. The van der Waals surface area contributed by atoms with E-state index in [1.807, 2.05) is 37.2 Å². The number of H-pyrrole nitrogens is 1. The lowest BCUT2D eigenvalue weighted by atomic mass is 10.1. The average Bonchev–Trinajstić information content (AvgIpc) is 3.56. The number of nitrogens with zero attached hydrogens (tertiary/aromatic N) is 7. The molecule has 9 heteroatoms. The maximum absolute atomic E-state index is 4.81. The lowest BCUT2D eigenvalue weighted by Crippen LogP contribution is -2.46. The van der Waals surface area contributed by atoms with E-state index in [0.717, 1.165) is 72.0 Å². The van der Waals surface area contributed by atoms with Gasteiger partial charge in [-0.15, -0.1) is 0 Å². The molecule has 4 aromatic heterocycles. The highest BCUT2D eigenvalue weighted by atomic mass is 79.9. The zero-order valence-electron chi connectivity index (χ0n) is 19.2. The summed E-state index contributed by atoms with van der Waals surface area (Å²) in [5.74, 6) is 0.830. The van der Waals surface area contributed by atoms with Crippen molar-refractivity contribution in [2.45, 2.75) is 13.1 Å². The second-order valence-corrected chi connectivity index (χ2v) is 9.65. The largest absolute Gasteiger partial charge is 0.366 e. The van der Waals surface area contributed by atoms with Gasteiger partial charge >= 0.3 is 0 Å². The number of halogens is 1. The topological polar surface area (TPSA) is 78.8 Å². The van der Waals surface area contributed by atoms with Crippen LogP contribution in [0.4, 0.5) is 5.69 Å². The zero-order chi connectivity index (χ0) is 23.6. The maximum Gasteiger partial charge on any atom is 0.180 e. The van der Waals surface area contributed by atoms with E-state index in [4.69, 9.17) is 4.98 Å². The van der Waals surface area contributed by atoms with E-state index in [9.17, 15) is 0 Å². The van der Waals surface area contributed by atoms with Crippen LogP contribution in [0.3, 0.4) is 0 Å². The second kappa shape index (κ2) is 9.59. The Morgan fingerprint density at radius 3 is 2.49 bits per heavy atom. The van der Waals surface area contributed by atoms with E-state index in [1.54, 1.807) is 6.20 Å². The van der Waals surface area contributed by atoms with Crippen molar-refractivity contribution in [2.24, 2.45) is 0 Å². The molecule has 0 spiro atoms. The van der Waals surface area contributed by atoms with Crippen molar-refractivity contribution in [2.75, 3.05) is 31.1 Å². The molecule has 6 rings (SSSR count). The lowest BCUT2D eigenvalue weighted by Gasteiger charge is -2.36. The SMILES string of the molecule is Brc1cnc2nc(-c3ccc(Cn4ccnc4)cc3)[nH]c2c1N1CCN(Cc2cccnc2)CC1. The predicted octanol–water partition coefficient (Wildman–Crippen LogP) is 4.35. The summed E-state index contributed by atoms with van der Waals surface area (Å²) >= 11 is 3.74. The van der Waals surface area contributed by atoms with Crippen molar-refractivity contribution in [3.8, 4) is 11.4 Å². The summed E-state index contributed by atoms with van der Waals surface area (Å²) in [6, 6.07) is 12.6. The molecule has 5 aromatic rings. The van der Waals surface area contributed by atoms with Gasteiger partial charge < -0.3 is 14.5 Å². The van der Waals surface area contributed by atoms with Crippen LogP contribution in [0.5, 0.6) is 0 Å². The quantitative estimate of drug-likeness (QED) is 0.353. The number of rotatable bonds is 6. The molecule has 0 aliphatic carbocycles. The number of aromatic nitrogens is 6. The predicted molar refractivity (Wildman–Crippen MR) is 140 cm³/mol. The molecule has 0 atom stereocenters. The fourth-order valence-corrected chi connectivity index (χ4v) is 5.16. The highest BCUT2D eigenvalue weighted by Crippen LogP contribution is 2.34. The third-order valence-corrected chi connectivity index (χ3v) is 7.00. The van der Waals surface area contributed by atoms with Crippen LogP contribution in [-0.2, 0) is 13.1 Å². The van der Waals surface area contributed by atoms with Gasteiger partial charge in [-0.2, -0.15) is 0 Å². The third kappa shape index (κ3) is 4.69. The van der Waals surface area contributed by atoms with Gasteiger partial charge in [0.15, 0.2) is 5.65 Å². The molecule has 1 aliphatic rings. The molecule has 35 heavy (non-hydrogen) atoms. The van der Waals surface area contributed by atoms with Gasteiger partial charge in [0.05, 0.1) is 16.5 Å². The first-order valence-corrected chi connectivity index (χ1v) is 12.5. The van der Waals surface area contributed by atoms with E-state index in [-0.39, 0.29) is 0 Å². The Balaban J connectivity index is 1.21. The lowest BCUT2D eigenvalue weighted by molar-refractivity contribution is 0.249. The Labute approximate surface area is 211 Å². The Hall–Kier alpha value is -3.56. The normalized spacial score (nSPS) is 14.6. The van der Waals surface area contributed by atoms with E-state index in [2.05, 4.69) is 80.6 Å². The van der Waals surface area contributed by atoms with Gasteiger partial charge in [0, 0.05) is 75.8 Å². The molecule has 176 valence electrons. The Morgan fingerprint density at radius 1 is 0.886 bits per heavy atom. The van der Waals surface area contributed by atoms with Crippen LogP contribution >= 0.6 is 15.9 Å². The van der Waals surface area contributed by atoms with Crippen LogP contribution in [0.2, 0.25) is 0 Å². The first-order valence-electron chi connectivity index (χ1n) is 11.7. The summed E-state index contributed by atoms with van der Waals surface area (Å²) < 4.78 is 3.04. The molecule has 0 saturated carbocycles. The molecule has 1 fully saturated rings. The molecular weight excluding hydrogens is 504 g/mol. The smallest absolute Gasteiger partial charge is 0.180 e. The molecule has 0 bridgehead atoms. The van der Waals surface area contributed by atoms with Crippen LogP contribution in [0, 0.1) is 0 Å². The van der Waals surface area contributed by atoms with E-state index < -0.39 is 0 Å². The summed E-state index contributed by atoms with van der Waals surface area (Å²) in [7, 11) is 0. The molecular formula is C26H25BrN8. The molecule has 5 heterocycles. The third-order valence-electron chi connectivity index (χ3n) is 6.42. The number of pyridine rings is 2. The van der Waals surface area contributed by atoms with E-state index in [0.29, 0.717) is 0 Å². The summed E-state index contributed by atoms with van der Waals surface area (Å²) in [6.45, 7) is 5.59. The average molecular weight is 529 g/mol. The van der Waals surface area contributed by atoms with Crippen LogP contribution in [-0.4, -0.2) is 60.6 Å². The minimum absolute atomic E-state index is 0.735. The molecule has 0 radical (unpaired) electrons. The molecule has 1 aromatic carbocycles. The molecule has 1 aliphatic heterocycles. The van der Waals surface area contributed by atoms with Crippen molar-refractivity contribution < 1.29 is 0 Å².